The van der Waals surface area contributed by atoms with E-state index in [-0.39, 0.29) is 17.4 Å². The van der Waals surface area contributed by atoms with Crippen molar-refractivity contribution in [1.82, 2.24) is 9.97 Å². The van der Waals surface area contributed by atoms with Crippen molar-refractivity contribution in [3.8, 4) is 22.8 Å². The number of nitrogens with zero attached hydrogens (tertiary/aromatic N) is 3. The van der Waals surface area contributed by atoms with Crippen LogP contribution in [0.5, 0.6) is 11.5 Å². The summed E-state index contributed by atoms with van der Waals surface area (Å²) < 4.78 is 0. The highest BCUT2D eigenvalue weighted by atomic mass is 16.3. The van der Waals surface area contributed by atoms with Gasteiger partial charge >= 0.3 is 0 Å². The first kappa shape index (κ1) is 20.1. The molecule has 31 heavy (non-hydrogen) atoms. The van der Waals surface area contributed by atoms with Crippen LogP contribution in [0, 0.1) is 0 Å². The summed E-state index contributed by atoms with van der Waals surface area (Å²) in [6.45, 7) is 1.47. The number of aromatic hydroxyl groups is 2. The Morgan fingerprint density at radius 1 is 0.871 bits per heavy atom. The lowest BCUT2D eigenvalue weighted by Crippen LogP contribution is -2.25. The maximum absolute atomic E-state index is 12.6. The van der Waals surface area contributed by atoms with Crippen LogP contribution in [-0.2, 0) is 11.2 Å². The number of hydrogen-bond donors (Lipinski definition) is 2. The first-order chi connectivity index (χ1) is 15.0. The number of carbonyl (C=O) groups is 1. The Balaban J connectivity index is 1.84. The fourth-order valence-corrected chi connectivity index (χ4v) is 3.34. The predicted molar refractivity (Wildman–Crippen MR) is 119 cm³/mol. The van der Waals surface area contributed by atoms with Gasteiger partial charge in [-0.2, -0.15) is 0 Å². The number of rotatable bonds is 5. The number of benzene rings is 3. The largest absolute Gasteiger partial charge is 0.508 e. The summed E-state index contributed by atoms with van der Waals surface area (Å²) >= 11 is 0. The second kappa shape index (κ2) is 8.67. The zero-order chi connectivity index (χ0) is 21.8. The molecule has 0 aliphatic carbocycles. The van der Waals surface area contributed by atoms with E-state index < -0.39 is 0 Å². The van der Waals surface area contributed by atoms with E-state index >= 15 is 0 Å². The molecule has 0 radical (unpaired) electrons. The third-order valence-electron chi connectivity index (χ3n) is 4.83. The van der Waals surface area contributed by atoms with Gasteiger partial charge in [-0.25, -0.2) is 9.97 Å². The molecule has 1 heterocycles. The molecule has 154 valence electrons. The van der Waals surface area contributed by atoms with Gasteiger partial charge in [0, 0.05) is 18.9 Å². The molecule has 0 saturated carbocycles. The summed E-state index contributed by atoms with van der Waals surface area (Å²) in [6.07, 6.45) is 2.10. The molecule has 0 fully saturated rings. The summed E-state index contributed by atoms with van der Waals surface area (Å²) in [6, 6.07) is 23.0. The standard InChI is InChI=1S/C25H21N3O3/c1-17(29)28(20-9-13-22(31)14-10-20)25-23(15-18-5-3-2-4-6-18)27-24(16-26-25)19-7-11-21(30)12-8-19/h2-14,16,30-31H,15H2,1H3. The second-order valence-electron chi connectivity index (χ2n) is 7.11. The SMILES string of the molecule is CC(=O)N(c1ccc(O)cc1)c1ncc(-c2ccc(O)cc2)nc1Cc1ccccc1. The average Bonchev–Trinajstić information content (AvgIpc) is 2.77. The average molecular weight is 411 g/mol. The Labute approximate surface area is 180 Å². The third kappa shape index (κ3) is 4.53. The number of amides is 1. The molecule has 0 aliphatic heterocycles. The van der Waals surface area contributed by atoms with Gasteiger partial charge in [-0.05, 0) is 54.1 Å². The summed E-state index contributed by atoms with van der Waals surface area (Å²) in [4.78, 5) is 23.5. The van der Waals surface area contributed by atoms with E-state index in [9.17, 15) is 15.0 Å². The fourth-order valence-electron chi connectivity index (χ4n) is 3.34. The zero-order valence-corrected chi connectivity index (χ0v) is 16.9. The Kier molecular flexibility index (Phi) is 5.62. The summed E-state index contributed by atoms with van der Waals surface area (Å²) in [5.41, 5.74) is 3.72. The molecule has 4 aromatic rings. The van der Waals surface area contributed by atoms with Gasteiger partial charge in [0.25, 0.3) is 0 Å². The molecule has 1 aromatic heterocycles. The summed E-state index contributed by atoms with van der Waals surface area (Å²) in [5.74, 6) is 0.509. The number of hydrogen-bond acceptors (Lipinski definition) is 5. The van der Waals surface area contributed by atoms with E-state index in [1.54, 1.807) is 42.6 Å². The van der Waals surface area contributed by atoms with E-state index in [0.717, 1.165) is 11.1 Å². The van der Waals surface area contributed by atoms with Crippen LogP contribution in [0.15, 0.2) is 85.1 Å². The van der Waals surface area contributed by atoms with E-state index in [1.165, 1.54) is 24.0 Å². The third-order valence-corrected chi connectivity index (χ3v) is 4.83. The minimum atomic E-state index is -0.216. The number of anilines is 2. The summed E-state index contributed by atoms with van der Waals surface area (Å²) in [7, 11) is 0. The van der Waals surface area contributed by atoms with Crippen LogP contribution in [0.25, 0.3) is 11.3 Å². The molecule has 2 N–H and O–H groups in total. The van der Waals surface area contributed by atoms with Crippen molar-refractivity contribution in [3.05, 3.63) is 96.3 Å². The normalized spacial score (nSPS) is 10.6. The smallest absolute Gasteiger partial charge is 0.229 e. The van der Waals surface area contributed by atoms with Crippen molar-refractivity contribution in [2.45, 2.75) is 13.3 Å². The maximum atomic E-state index is 12.6. The highest BCUT2D eigenvalue weighted by molar-refractivity contribution is 5.98. The molecule has 0 aliphatic rings. The molecule has 0 unspecified atom stereocenters. The predicted octanol–water partition coefficient (Wildman–Crippen LogP) is 4.83. The highest BCUT2D eigenvalue weighted by Gasteiger charge is 2.21. The zero-order valence-electron chi connectivity index (χ0n) is 16.9. The monoisotopic (exact) mass is 411 g/mol. The molecule has 0 atom stereocenters. The van der Waals surface area contributed by atoms with Crippen LogP contribution in [0.2, 0.25) is 0 Å². The fraction of sp³-hybridized carbons (Fsp3) is 0.0800. The number of aromatic nitrogens is 2. The molecule has 0 bridgehead atoms. The van der Waals surface area contributed by atoms with Crippen LogP contribution >= 0.6 is 0 Å². The molecule has 0 spiro atoms. The minimum absolute atomic E-state index is 0.116. The Bertz CT molecular complexity index is 1190. The van der Waals surface area contributed by atoms with Gasteiger partial charge in [0.1, 0.15) is 11.5 Å². The lowest BCUT2D eigenvalue weighted by atomic mass is 10.1. The van der Waals surface area contributed by atoms with Gasteiger partial charge in [0.15, 0.2) is 5.82 Å². The number of carbonyl (C=O) groups excluding carboxylic acids is 1. The first-order valence-corrected chi connectivity index (χ1v) is 9.80. The van der Waals surface area contributed by atoms with Crippen LogP contribution in [0.3, 0.4) is 0 Å². The van der Waals surface area contributed by atoms with Gasteiger partial charge in [-0.1, -0.05) is 30.3 Å². The van der Waals surface area contributed by atoms with Crippen molar-refractivity contribution >= 4 is 17.4 Å². The first-order valence-electron chi connectivity index (χ1n) is 9.80. The van der Waals surface area contributed by atoms with Gasteiger partial charge < -0.3 is 10.2 Å². The maximum Gasteiger partial charge on any atom is 0.229 e. The molecular weight excluding hydrogens is 390 g/mol. The van der Waals surface area contributed by atoms with Gasteiger partial charge in [-0.15, -0.1) is 0 Å². The molecule has 4 rings (SSSR count). The van der Waals surface area contributed by atoms with Crippen LogP contribution in [0.4, 0.5) is 11.5 Å². The highest BCUT2D eigenvalue weighted by Crippen LogP contribution is 2.31. The molecular formula is C25H21N3O3. The van der Waals surface area contributed by atoms with Crippen molar-refractivity contribution in [1.29, 1.82) is 0 Å². The second-order valence-corrected chi connectivity index (χ2v) is 7.11. The molecule has 1 amide bonds. The topological polar surface area (TPSA) is 86.6 Å². The van der Waals surface area contributed by atoms with Crippen molar-refractivity contribution in [2.24, 2.45) is 0 Å². The quantitative estimate of drug-likeness (QED) is 0.491. The van der Waals surface area contributed by atoms with E-state index in [0.29, 0.717) is 29.3 Å². The van der Waals surface area contributed by atoms with E-state index in [4.69, 9.17) is 4.98 Å². The van der Waals surface area contributed by atoms with Crippen molar-refractivity contribution < 1.29 is 15.0 Å². The minimum Gasteiger partial charge on any atom is -0.508 e. The van der Waals surface area contributed by atoms with Gasteiger partial charge in [-0.3, -0.25) is 9.69 Å². The van der Waals surface area contributed by atoms with E-state index in [1.807, 2.05) is 30.3 Å². The van der Waals surface area contributed by atoms with Crippen molar-refractivity contribution in [2.75, 3.05) is 4.90 Å². The van der Waals surface area contributed by atoms with Crippen LogP contribution in [0.1, 0.15) is 18.2 Å². The Morgan fingerprint density at radius 2 is 1.48 bits per heavy atom. The van der Waals surface area contributed by atoms with Crippen molar-refractivity contribution in [3.63, 3.8) is 0 Å². The summed E-state index contributed by atoms with van der Waals surface area (Å²) in [5, 5.41) is 19.2. The van der Waals surface area contributed by atoms with Crippen LogP contribution < -0.4 is 4.90 Å². The van der Waals surface area contributed by atoms with Gasteiger partial charge in [0.2, 0.25) is 5.91 Å². The molecule has 0 saturated heterocycles. The number of phenolic OH excluding ortho intramolecular Hbond substituents is 2. The Hall–Kier alpha value is -4.19. The van der Waals surface area contributed by atoms with E-state index in [2.05, 4.69) is 4.98 Å². The lowest BCUT2D eigenvalue weighted by molar-refractivity contribution is -0.115. The molecule has 3 aromatic carbocycles. The van der Waals surface area contributed by atoms with Gasteiger partial charge in [0.05, 0.1) is 23.3 Å². The molecule has 6 nitrogen and oxygen atoms in total. The Morgan fingerprint density at radius 3 is 2.10 bits per heavy atom. The van der Waals surface area contributed by atoms with Crippen LogP contribution in [-0.4, -0.2) is 26.1 Å². The molecule has 6 heteroatoms. The number of phenols is 2. The lowest BCUT2D eigenvalue weighted by Gasteiger charge is -2.23.